The molecule has 6 aromatic rings. The summed E-state index contributed by atoms with van der Waals surface area (Å²) in [5, 5.41) is 7.68. The van der Waals surface area contributed by atoms with Gasteiger partial charge in [0.05, 0.1) is 0 Å². The summed E-state index contributed by atoms with van der Waals surface area (Å²) in [6.07, 6.45) is 2.39. The Bertz CT molecular complexity index is 1470. The standard InChI is InChI=1S/C28H24N2/c1-2-3-14-30-27-12-10-21-17-25(27)26-18-22(11-13-28(26)30)20-7-5-9-24(16-20)29-23-8-4-6-19(21)15-23/h4-13,15-18,29H,2-3,14H2,1H3. The van der Waals surface area contributed by atoms with E-state index in [-0.39, 0.29) is 0 Å². The molecule has 0 spiro atoms. The van der Waals surface area contributed by atoms with Crippen LogP contribution in [0.3, 0.4) is 0 Å². The molecule has 2 aromatic heterocycles. The summed E-state index contributed by atoms with van der Waals surface area (Å²) in [4.78, 5) is 3.58. The van der Waals surface area contributed by atoms with E-state index in [1.807, 2.05) is 0 Å². The predicted octanol–water partition coefficient (Wildman–Crippen LogP) is 7.94. The van der Waals surface area contributed by atoms with Gasteiger partial charge in [-0.05, 0) is 76.5 Å². The maximum atomic E-state index is 3.58. The first-order valence-electron chi connectivity index (χ1n) is 10.8. The monoisotopic (exact) mass is 388 g/mol. The van der Waals surface area contributed by atoms with E-state index < -0.39 is 0 Å². The van der Waals surface area contributed by atoms with Crippen molar-refractivity contribution >= 4 is 54.4 Å². The van der Waals surface area contributed by atoms with Gasteiger partial charge >= 0.3 is 0 Å². The molecule has 30 heavy (non-hydrogen) atoms. The SMILES string of the molecule is CCCCn1c2ccc3cc2c2cc(ccc21)c1cccc(c1)[nH]c1cccc3c1. The zero-order valence-electron chi connectivity index (χ0n) is 17.2. The number of H-pyrrole nitrogens is 1. The lowest BCUT2D eigenvalue weighted by atomic mass is 10.1. The van der Waals surface area contributed by atoms with Gasteiger partial charge in [0.25, 0.3) is 0 Å². The van der Waals surface area contributed by atoms with Crippen molar-refractivity contribution in [3.63, 3.8) is 0 Å². The molecule has 0 saturated carbocycles. The fourth-order valence-electron chi connectivity index (χ4n) is 4.74. The Morgan fingerprint density at radius 1 is 0.633 bits per heavy atom. The number of fused-ring (bicyclic) bond motifs is 8. The quantitative estimate of drug-likeness (QED) is 0.317. The van der Waals surface area contributed by atoms with Crippen LogP contribution in [-0.2, 0) is 6.54 Å². The van der Waals surface area contributed by atoms with Crippen LogP contribution < -0.4 is 0 Å². The summed E-state index contributed by atoms with van der Waals surface area (Å²) < 4.78 is 2.50. The molecule has 8 bridgehead atoms. The van der Waals surface area contributed by atoms with E-state index in [1.54, 1.807) is 0 Å². The van der Waals surface area contributed by atoms with E-state index in [4.69, 9.17) is 0 Å². The number of hydrogen-bond acceptors (Lipinski definition) is 0. The Balaban J connectivity index is 1.86. The van der Waals surface area contributed by atoms with Crippen LogP contribution in [-0.4, -0.2) is 9.55 Å². The van der Waals surface area contributed by atoms with Crippen LogP contribution in [0.4, 0.5) is 0 Å². The van der Waals surface area contributed by atoms with Gasteiger partial charge in [0.1, 0.15) is 0 Å². The van der Waals surface area contributed by atoms with Crippen LogP contribution >= 0.6 is 0 Å². The molecule has 6 rings (SSSR count). The minimum Gasteiger partial charge on any atom is -0.355 e. The molecule has 2 nitrogen and oxygen atoms in total. The number of unbranched alkanes of at least 4 members (excludes halogenated alkanes) is 1. The fraction of sp³-hybridized carbons (Fsp3) is 0.143. The summed E-state index contributed by atoms with van der Waals surface area (Å²) in [6, 6.07) is 31.3. The Morgan fingerprint density at radius 3 is 1.70 bits per heavy atom. The van der Waals surface area contributed by atoms with Crippen molar-refractivity contribution in [2.45, 2.75) is 26.3 Å². The highest BCUT2D eigenvalue weighted by molar-refractivity contribution is 6.13. The van der Waals surface area contributed by atoms with Gasteiger partial charge in [-0.15, -0.1) is 0 Å². The molecular weight excluding hydrogens is 364 g/mol. The molecule has 2 heterocycles. The maximum Gasteiger partial charge on any atom is 0.0491 e. The lowest BCUT2D eigenvalue weighted by molar-refractivity contribution is 0.665. The van der Waals surface area contributed by atoms with Gasteiger partial charge in [-0.25, -0.2) is 0 Å². The predicted molar refractivity (Wildman–Crippen MR) is 130 cm³/mol. The van der Waals surface area contributed by atoms with Crippen LogP contribution in [0.1, 0.15) is 19.8 Å². The zero-order valence-corrected chi connectivity index (χ0v) is 17.2. The number of nitrogens with zero attached hydrogens (tertiary/aromatic N) is 1. The molecule has 0 radical (unpaired) electrons. The molecule has 2 heteroatoms. The number of aryl methyl sites for hydroxylation is 1. The third-order valence-corrected chi connectivity index (χ3v) is 6.28. The Labute approximate surface area is 175 Å². The fourth-order valence-corrected chi connectivity index (χ4v) is 4.74. The van der Waals surface area contributed by atoms with E-state index in [0.29, 0.717) is 0 Å². The second-order valence-corrected chi connectivity index (χ2v) is 8.26. The number of aromatic amines is 1. The Hall–Kier alpha value is -3.52. The highest BCUT2D eigenvalue weighted by Gasteiger charge is 2.11. The molecule has 0 aliphatic carbocycles. The molecule has 0 atom stereocenters. The summed E-state index contributed by atoms with van der Waals surface area (Å²) in [5.74, 6) is 0. The first kappa shape index (κ1) is 17.3. The zero-order chi connectivity index (χ0) is 20.1. The molecule has 0 amide bonds. The van der Waals surface area contributed by atoms with Crippen LogP contribution in [0.2, 0.25) is 0 Å². The number of nitrogens with one attached hydrogen (secondary N) is 1. The molecular formula is C28H24N2. The first-order valence-corrected chi connectivity index (χ1v) is 10.8. The van der Waals surface area contributed by atoms with E-state index in [2.05, 4.69) is 101 Å². The molecule has 146 valence electrons. The van der Waals surface area contributed by atoms with Crippen LogP contribution in [0.5, 0.6) is 0 Å². The van der Waals surface area contributed by atoms with Crippen molar-refractivity contribution in [3.8, 4) is 0 Å². The van der Waals surface area contributed by atoms with Crippen molar-refractivity contribution < 1.29 is 0 Å². The third kappa shape index (κ3) is 2.72. The van der Waals surface area contributed by atoms with Crippen molar-refractivity contribution in [2.24, 2.45) is 0 Å². The van der Waals surface area contributed by atoms with Crippen molar-refractivity contribution in [1.29, 1.82) is 0 Å². The van der Waals surface area contributed by atoms with Gasteiger partial charge in [-0.3, -0.25) is 0 Å². The highest BCUT2D eigenvalue weighted by atomic mass is 15.0. The van der Waals surface area contributed by atoms with Gasteiger partial charge in [0.2, 0.25) is 0 Å². The molecule has 1 N–H and O–H groups in total. The summed E-state index contributed by atoms with van der Waals surface area (Å²) in [5.41, 5.74) is 4.89. The van der Waals surface area contributed by atoms with E-state index in [9.17, 15) is 0 Å². The molecule has 0 aliphatic heterocycles. The average molecular weight is 389 g/mol. The summed E-state index contributed by atoms with van der Waals surface area (Å²) >= 11 is 0. The van der Waals surface area contributed by atoms with E-state index >= 15 is 0 Å². The van der Waals surface area contributed by atoms with Crippen molar-refractivity contribution in [2.75, 3.05) is 0 Å². The largest absolute Gasteiger partial charge is 0.355 e. The normalized spacial score (nSPS) is 11.9. The van der Waals surface area contributed by atoms with Gasteiger partial charge in [0.15, 0.2) is 0 Å². The summed E-state index contributed by atoms with van der Waals surface area (Å²) in [6.45, 7) is 3.32. The second-order valence-electron chi connectivity index (χ2n) is 8.26. The highest BCUT2D eigenvalue weighted by Crippen LogP contribution is 2.33. The number of aromatic nitrogens is 2. The number of rotatable bonds is 3. The van der Waals surface area contributed by atoms with Gasteiger partial charge in [0, 0.05) is 39.4 Å². The van der Waals surface area contributed by atoms with Gasteiger partial charge in [-0.1, -0.05) is 49.7 Å². The maximum absolute atomic E-state index is 3.58. The lowest BCUT2D eigenvalue weighted by Gasteiger charge is -2.06. The molecule has 4 aromatic carbocycles. The first-order chi connectivity index (χ1) is 14.8. The topological polar surface area (TPSA) is 20.7 Å². The molecule has 0 aliphatic rings. The van der Waals surface area contributed by atoms with Gasteiger partial charge in [-0.2, -0.15) is 0 Å². The van der Waals surface area contributed by atoms with E-state index in [1.165, 1.54) is 56.2 Å². The summed E-state index contributed by atoms with van der Waals surface area (Å²) in [7, 11) is 0. The van der Waals surface area contributed by atoms with Crippen LogP contribution in [0, 0.1) is 0 Å². The molecule has 0 saturated heterocycles. The average Bonchev–Trinajstić information content (AvgIpc) is 3.10. The van der Waals surface area contributed by atoms with Crippen molar-refractivity contribution in [1.82, 2.24) is 9.55 Å². The smallest absolute Gasteiger partial charge is 0.0491 e. The van der Waals surface area contributed by atoms with Crippen LogP contribution in [0.25, 0.3) is 54.4 Å². The number of hydrogen-bond donors (Lipinski definition) is 1. The van der Waals surface area contributed by atoms with E-state index in [0.717, 1.165) is 17.6 Å². The third-order valence-electron chi connectivity index (χ3n) is 6.28. The minimum absolute atomic E-state index is 1.06. The lowest BCUT2D eigenvalue weighted by Crippen LogP contribution is -1.96. The minimum atomic E-state index is 1.06. The van der Waals surface area contributed by atoms with Gasteiger partial charge < -0.3 is 9.55 Å². The Morgan fingerprint density at radius 2 is 1.17 bits per heavy atom. The molecule has 0 unspecified atom stereocenters. The Kier molecular flexibility index (Phi) is 3.92. The van der Waals surface area contributed by atoms with Crippen LogP contribution in [0.15, 0.2) is 84.9 Å². The number of benzene rings is 4. The second kappa shape index (κ2) is 6.77. The molecule has 0 fully saturated rings. The van der Waals surface area contributed by atoms with Crippen molar-refractivity contribution in [3.05, 3.63) is 84.9 Å².